The van der Waals surface area contributed by atoms with E-state index in [1.807, 2.05) is 39.0 Å². The lowest BCUT2D eigenvalue weighted by Crippen LogP contribution is -2.52. The summed E-state index contributed by atoms with van der Waals surface area (Å²) in [5.41, 5.74) is 4.04. The predicted molar refractivity (Wildman–Crippen MR) is 109 cm³/mol. The van der Waals surface area contributed by atoms with Crippen molar-refractivity contribution in [2.45, 2.75) is 26.8 Å². The number of nitrogens with zero attached hydrogens (tertiary/aromatic N) is 2. The molecule has 0 radical (unpaired) electrons. The summed E-state index contributed by atoms with van der Waals surface area (Å²) in [6, 6.07) is 14.1. The zero-order valence-corrected chi connectivity index (χ0v) is 16.4. The number of carbonyl (C=O) groups is 1. The number of amides is 1. The van der Waals surface area contributed by atoms with Crippen molar-refractivity contribution in [1.29, 1.82) is 0 Å². The quantitative estimate of drug-likeness (QED) is 0.878. The maximum Gasteiger partial charge on any atom is 0.241 e. The molecule has 3 rings (SSSR count). The smallest absolute Gasteiger partial charge is 0.241 e. The van der Waals surface area contributed by atoms with Crippen LogP contribution >= 0.6 is 11.6 Å². The van der Waals surface area contributed by atoms with Crippen molar-refractivity contribution in [1.82, 2.24) is 4.90 Å². The summed E-state index contributed by atoms with van der Waals surface area (Å²) in [4.78, 5) is 17.3. The second-order valence-electron chi connectivity index (χ2n) is 6.96. The van der Waals surface area contributed by atoms with Gasteiger partial charge in [0.05, 0.1) is 16.8 Å². The Hall–Kier alpha value is -2.04. The minimum absolute atomic E-state index is 0.00739. The van der Waals surface area contributed by atoms with Gasteiger partial charge in [0, 0.05) is 31.9 Å². The summed E-state index contributed by atoms with van der Waals surface area (Å²) >= 11 is 6.32. The molecule has 1 aliphatic heterocycles. The maximum absolute atomic E-state index is 12.7. The van der Waals surface area contributed by atoms with Crippen LogP contribution in [0.5, 0.6) is 0 Å². The first-order valence-corrected chi connectivity index (χ1v) is 9.45. The van der Waals surface area contributed by atoms with E-state index < -0.39 is 0 Å². The van der Waals surface area contributed by atoms with Gasteiger partial charge in [-0.25, -0.2) is 0 Å². The molecule has 1 atom stereocenters. The Morgan fingerprint density at radius 3 is 2.35 bits per heavy atom. The summed E-state index contributed by atoms with van der Waals surface area (Å²) in [7, 11) is 0. The number of hydrogen-bond donors (Lipinski definition) is 1. The van der Waals surface area contributed by atoms with E-state index in [9.17, 15) is 4.79 Å². The van der Waals surface area contributed by atoms with Gasteiger partial charge >= 0.3 is 0 Å². The molecule has 0 aliphatic carbocycles. The maximum atomic E-state index is 12.7. The second-order valence-corrected chi connectivity index (χ2v) is 7.37. The molecule has 4 nitrogen and oxygen atoms in total. The lowest BCUT2D eigenvalue weighted by atomic mass is 10.1. The van der Waals surface area contributed by atoms with Crippen LogP contribution in [0.25, 0.3) is 0 Å². The summed E-state index contributed by atoms with van der Waals surface area (Å²) in [5.74, 6) is -0.00739. The standard InChI is InChI=1S/C21H26ClN3O/c1-15-13-16(2)20(19(22)14-15)23-21(26)17(3)24-9-11-25(12-10-24)18-7-5-4-6-8-18/h4-8,13-14,17H,9-12H2,1-3H3,(H,23,26). The minimum atomic E-state index is -0.190. The third-order valence-corrected chi connectivity index (χ3v) is 5.34. The molecule has 1 amide bonds. The molecule has 0 bridgehead atoms. The summed E-state index contributed by atoms with van der Waals surface area (Å²) in [6.45, 7) is 9.51. The molecule has 1 aliphatic rings. The molecule has 0 aromatic heterocycles. The zero-order valence-electron chi connectivity index (χ0n) is 15.6. The first kappa shape index (κ1) is 18.7. The van der Waals surface area contributed by atoms with Crippen LogP contribution < -0.4 is 10.2 Å². The normalized spacial score (nSPS) is 16.4. The third-order valence-electron chi connectivity index (χ3n) is 5.04. The SMILES string of the molecule is Cc1cc(C)c(NC(=O)C(C)N2CCN(c3ccccc3)CC2)c(Cl)c1. The molecule has 1 N–H and O–H groups in total. The number of nitrogens with one attached hydrogen (secondary N) is 1. The van der Waals surface area contributed by atoms with Crippen LogP contribution in [0.1, 0.15) is 18.1 Å². The lowest BCUT2D eigenvalue weighted by Gasteiger charge is -2.38. The van der Waals surface area contributed by atoms with E-state index in [1.54, 1.807) is 0 Å². The van der Waals surface area contributed by atoms with Gasteiger partial charge in [-0.15, -0.1) is 0 Å². The second kappa shape index (κ2) is 8.11. The number of hydrogen-bond acceptors (Lipinski definition) is 3. The van der Waals surface area contributed by atoms with Crippen LogP contribution in [0, 0.1) is 13.8 Å². The van der Waals surface area contributed by atoms with Crippen LogP contribution in [-0.2, 0) is 4.79 Å². The summed E-state index contributed by atoms with van der Waals surface area (Å²) in [5, 5.41) is 3.61. The highest BCUT2D eigenvalue weighted by Crippen LogP contribution is 2.27. The lowest BCUT2D eigenvalue weighted by molar-refractivity contribution is -0.120. The van der Waals surface area contributed by atoms with Crippen LogP contribution in [0.4, 0.5) is 11.4 Å². The average Bonchev–Trinajstić information content (AvgIpc) is 2.64. The molecule has 0 spiro atoms. The van der Waals surface area contributed by atoms with E-state index in [-0.39, 0.29) is 11.9 Å². The largest absolute Gasteiger partial charge is 0.369 e. The van der Waals surface area contributed by atoms with Crippen molar-refractivity contribution in [3.05, 3.63) is 58.6 Å². The van der Waals surface area contributed by atoms with Crippen molar-refractivity contribution >= 4 is 28.9 Å². The molecular formula is C21H26ClN3O. The Morgan fingerprint density at radius 2 is 1.73 bits per heavy atom. The molecule has 1 heterocycles. The van der Waals surface area contributed by atoms with Crippen LogP contribution in [0.2, 0.25) is 5.02 Å². The van der Waals surface area contributed by atoms with Crippen molar-refractivity contribution in [2.75, 3.05) is 36.4 Å². The average molecular weight is 372 g/mol. The van der Waals surface area contributed by atoms with E-state index in [4.69, 9.17) is 11.6 Å². The van der Waals surface area contributed by atoms with Crippen LogP contribution in [0.3, 0.4) is 0 Å². The third kappa shape index (κ3) is 4.19. The molecule has 1 fully saturated rings. The zero-order chi connectivity index (χ0) is 18.7. The molecular weight excluding hydrogens is 346 g/mol. The van der Waals surface area contributed by atoms with Crippen LogP contribution in [-0.4, -0.2) is 43.0 Å². The summed E-state index contributed by atoms with van der Waals surface area (Å²) < 4.78 is 0. The summed E-state index contributed by atoms with van der Waals surface area (Å²) in [6.07, 6.45) is 0. The van der Waals surface area contributed by atoms with Gasteiger partial charge in [0.25, 0.3) is 0 Å². The molecule has 26 heavy (non-hydrogen) atoms. The van der Waals surface area contributed by atoms with Gasteiger partial charge in [0.15, 0.2) is 0 Å². The minimum Gasteiger partial charge on any atom is -0.369 e. The number of piperazine rings is 1. The molecule has 5 heteroatoms. The van der Waals surface area contributed by atoms with Gasteiger partial charge in [-0.3, -0.25) is 9.69 Å². The number of benzene rings is 2. The van der Waals surface area contributed by atoms with Crippen LogP contribution in [0.15, 0.2) is 42.5 Å². The van der Waals surface area contributed by atoms with E-state index in [0.29, 0.717) is 5.02 Å². The number of rotatable bonds is 4. The number of anilines is 2. The Balaban J connectivity index is 1.60. The van der Waals surface area contributed by atoms with Gasteiger partial charge in [-0.1, -0.05) is 35.9 Å². The molecule has 138 valence electrons. The Morgan fingerprint density at radius 1 is 1.08 bits per heavy atom. The molecule has 0 saturated carbocycles. The molecule has 1 unspecified atom stereocenters. The van der Waals surface area contributed by atoms with E-state index in [1.165, 1.54) is 5.69 Å². The molecule has 2 aromatic carbocycles. The fraction of sp³-hybridized carbons (Fsp3) is 0.381. The van der Waals surface area contributed by atoms with Gasteiger partial charge in [-0.05, 0) is 50.1 Å². The fourth-order valence-corrected chi connectivity index (χ4v) is 3.84. The first-order chi connectivity index (χ1) is 12.5. The fourth-order valence-electron chi connectivity index (χ4n) is 3.47. The van der Waals surface area contributed by atoms with Crippen molar-refractivity contribution < 1.29 is 4.79 Å². The van der Waals surface area contributed by atoms with E-state index in [0.717, 1.165) is 43.0 Å². The van der Waals surface area contributed by atoms with Crippen molar-refractivity contribution in [3.8, 4) is 0 Å². The highest BCUT2D eigenvalue weighted by molar-refractivity contribution is 6.34. The Labute approximate surface area is 160 Å². The van der Waals surface area contributed by atoms with E-state index in [2.05, 4.69) is 39.4 Å². The predicted octanol–water partition coefficient (Wildman–Crippen LogP) is 4.11. The number of carbonyl (C=O) groups excluding carboxylic acids is 1. The number of aryl methyl sites for hydroxylation is 2. The molecule has 1 saturated heterocycles. The molecule has 2 aromatic rings. The van der Waals surface area contributed by atoms with Gasteiger partial charge in [0.2, 0.25) is 5.91 Å². The number of para-hydroxylation sites is 1. The topological polar surface area (TPSA) is 35.6 Å². The van der Waals surface area contributed by atoms with Gasteiger partial charge < -0.3 is 10.2 Å². The first-order valence-electron chi connectivity index (χ1n) is 9.07. The number of halogens is 1. The Kier molecular flexibility index (Phi) is 5.84. The van der Waals surface area contributed by atoms with Crippen molar-refractivity contribution in [3.63, 3.8) is 0 Å². The van der Waals surface area contributed by atoms with Crippen molar-refractivity contribution in [2.24, 2.45) is 0 Å². The monoisotopic (exact) mass is 371 g/mol. The van der Waals surface area contributed by atoms with E-state index >= 15 is 0 Å². The highest BCUT2D eigenvalue weighted by Gasteiger charge is 2.26. The van der Waals surface area contributed by atoms with Gasteiger partial charge in [0.1, 0.15) is 0 Å². The highest BCUT2D eigenvalue weighted by atomic mass is 35.5. The Bertz CT molecular complexity index is 747. The van der Waals surface area contributed by atoms with Gasteiger partial charge in [-0.2, -0.15) is 0 Å².